The average Bonchev–Trinajstić information content (AvgIpc) is 1.86. The van der Waals surface area contributed by atoms with Gasteiger partial charge in [0, 0.05) is 0 Å². The Morgan fingerprint density at radius 1 is 1.56 bits per heavy atom. The maximum absolute atomic E-state index is 9.34. The summed E-state index contributed by atoms with van der Waals surface area (Å²) in [4.78, 5) is 0. The summed E-state index contributed by atoms with van der Waals surface area (Å²) < 4.78 is 0. The van der Waals surface area contributed by atoms with E-state index in [1.807, 2.05) is 13.8 Å². The van der Waals surface area contributed by atoms with Gasteiger partial charge >= 0.3 is 0 Å². The molecule has 0 spiro atoms. The third kappa shape index (κ3) is 2.33. The van der Waals surface area contributed by atoms with Crippen molar-refractivity contribution in [3.63, 3.8) is 0 Å². The van der Waals surface area contributed by atoms with E-state index in [1.165, 1.54) is 0 Å². The molecule has 0 amide bonds. The molecular weight excluding hydrogens is 116 g/mol. The zero-order chi connectivity index (χ0) is 7.49. The lowest BCUT2D eigenvalue weighted by molar-refractivity contribution is -0.0418. The first-order chi connectivity index (χ1) is 4.04. The first-order valence-corrected chi connectivity index (χ1v) is 3.37. The van der Waals surface area contributed by atoms with E-state index in [-0.39, 0.29) is 12.5 Å². The molecule has 0 aliphatic rings. The standard InChI is InChI=1S/C7H16O2/c1-4-6(2)7(3,9)5-8/h6,8-9H,4-5H2,1-3H3/t6-,7+/m0/s1. The molecule has 2 nitrogen and oxygen atoms in total. The highest BCUT2D eigenvalue weighted by atomic mass is 16.3. The van der Waals surface area contributed by atoms with Crippen molar-refractivity contribution in [2.24, 2.45) is 5.92 Å². The van der Waals surface area contributed by atoms with E-state index in [9.17, 15) is 5.11 Å². The SMILES string of the molecule is CC[C@H](C)[C@](C)(O)CO. The molecule has 2 atom stereocenters. The van der Waals surface area contributed by atoms with Crippen LogP contribution in [0.1, 0.15) is 27.2 Å². The first kappa shape index (κ1) is 8.92. The summed E-state index contributed by atoms with van der Waals surface area (Å²) in [6.45, 7) is 5.42. The summed E-state index contributed by atoms with van der Waals surface area (Å²) in [6.07, 6.45) is 0.896. The Bertz CT molecular complexity index is 79.0. The normalized spacial score (nSPS) is 21.0. The number of aliphatic hydroxyl groups excluding tert-OH is 1. The van der Waals surface area contributed by atoms with Crippen LogP contribution in [0.25, 0.3) is 0 Å². The van der Waals surface area contributed by atoms with Gasteiger partial charge in [0.15, 0.2) is 0 Å². The summed E-state index contributed by atoms with van der Waals surface area (Å²) in [5.74, 6) is 0.169. The lowest BCUT2D eigenvalue weighted by Crippen LogP contribution is -2.36. The van der Waals surface area contributed by atoms with Gasteiger partial charge in [-0.25, -0.2) is 0 Å². The maximum atomic E-state index is 9.34. The van der Waals surface area contributed by atoms with Crippen molar-refractivity contribution in [1.82, 2.24) is 0 Å². The van der Waals surface area contributed by atoms with E-state index in [0.29, 0.717) is 0 Å². The van der Waals surface area contributed by atoms with Crippen LogP contribution >= 0.6 is 0 Å². The largest absolute Gasteiger partial charge is 0.393 e. The zero-order valence-electron chi connectivity index (χ0n) is 6.39. The molecule has 0 unspecified atom stereocenters. The number of aliphatic hydroxyl groups is 2. The molecule has 0 rings (SSSR count). The van der Waals surface area contributed by atoms with Crippen molar-refractivity contribution < 1.29 is 10.2 Å². The van der Waals surface area contributed by atoms with E-state index >= 15 is 0 Å². The Labute approximate surface area is 56.5 Å². The third-order valence-electron chi connectivity index (χ3n) is 1.99. The van der Waals surface area contributed by atoms with Gasteiger partial charge in [0.2, 0.25) is 0 Å². The third-order valence-corrected chi connectivity index (χ3v) is 1.99. The van der Waals surface area contributed by atoms with Crippen LogP contribution in [-0.2, 0) is 0 Å². The second kappa shape index (κ2) is 3.18. The van der Waals surface area contributed by atoms with Crippen LogP contribution in [0.15, 0.2) is 0 Å². The van der Waals surface area contributed by atoms with Crippen LogP contribution in [0.2, 0.25) is 0 Å². The zero-order valence-corrected chi connectivity index (χ0v) is 6.39. The van der Waals surface area contributed by atoms with Crippen molar-refractivity contribution in [3.05, 3.63) is 0 Å². The molecule has 0 aromatic carbocycles. The van der Waals surface area contributed by atoms with Gasteiger partial charge in [-0.05, 0) is 12.8 Å². The van der Waals surface area contributed by atoms with Gasteiger partial charge in [-0.1, -0.05) is 20.3 Å². The van der Waals surface area contributed by atoms with Gasteiger partial charge in [0.05, 0.1) is 12.2 Å². The summed E-state index contributed by atoms with van der Waals surface area (Å²) in [5, 5.41) is 18.0. The topological polar surface area (TPSA) is 40.5 Å². The summed E-state index contributed by atoms with van der Waals surface area (Å²) in [7, 11) is 0. The monoisotopic (exact) mass is 132 g/mol. The van der Waals surface area contributed by atoms with Gasteiger partial charge < -0.3 is 10.2 Å². The van der Waals surface area contributed by atoms with Crippen molar-refractivity contribution in [2.45, 2.75) is 32.8 Å². The Balaban J connectivity index is 3.80. The van der Waals surface area contributed by atoms with Crippen LogP contribution < -0.4 is 0 Å². The molecule has 2 N–H and O–H groups in total. The van der Waals surface area contributed by atoms with Crippen molar-refractivity contribution in [1.29, 1.82) is 0 Å². The van der Waals surface area contributed by atoms with Crippen LogP contribution in [0.4, 0.5) is 0 Å². The first-order valence-electron chi connectivity index (χ1n) is 3.37. The van der Waals surface area contributed by atoms with Crippen LogP contribution in [0, 0.1) is 5.92 Å². The van der Waals surface area contributed by atoms with Gasteiger partial charge in [-0.3, -0.25) is 0 Å². The van der Waals surface area contributed by atoms with Gasteiger partial charge in [0.25, 0.3) is 0 Å². The number of rotatable bonds is 3. The Morgan fingerprint density at radius 3 is 2.11 bits per heavy atom. The molecule has 0 saturated heterocycles. The molecule has 0 aromatic heterocycles. The fourth-order valence-electron chi connectivity index (χ4n) is 0.596. The minimum atomic E-state index is -0.894. The summed E-state index contributed by atoms with van der Waals surface area (Å²) in [5.41, 5.74) is -0.894. The second-order valence-corrected chi connectivity index (χ2v) is 2.82. The van der Waals surface area contributed by atoms with Gasteiger partial charge in [0.1, 0.15) is 0 Å². The van der Waals surface area contributed by atoms with E-state index in [4.69, 9.17) is 5.11 Å². The summed E-state index contributed by atoms with van der Waals surface area (Å²) >= 11 is 0. The predicted molar refractivity (Wildman–Crippen MR) is 37.2 cm³/mol. The van der Waals surface area contributed by atoms with Crippen molar-refractivity contribution in [3.8, 4) is 0 Å². The number of hydrogen-bond donors (Lipinski definition) is 2. The molecule has 0 radical (unpaired) electrons. The molecule has 0 heterocycles. The van der Waals surface area contributed by atoms with E-state index in [1.54, 1.807) is 6.92 Å². The van der Waals surface area contributed by atoms with E-state index in [2.05, 4.69) is 0 Å². The van der Waals surface area contributed by atoms with E-state index < -0.39 is 5.60 Å². The van der Waals surface area contributed by atoms with Crippen LogP contribution in [0.3, 0.4) is 0 Å². The Hall–Kier alpha value is -0.0800. The van der Waals surface area contributed by atoms with Gasteiger partial charge in [-0.2, -0.15) is 0 Å². The molecular formula is C7H16O2. The molecule has 0 aliphatic carbocycles. The van der Waals surface area contributed by atoms with E-state index in [0.717, 1.165) is 6.42 Å². The molecule has 0 saturated carbocycles. The van der Waals surface area contributed by atoms with Gasteiger partial charge in [-0.15, -0.1) is 0 Å². The minimum Gasteiger partial charge on any atom is -0.393 e. The second-order valence-electron chi connectivity index (χ2n) is 2.82. The van der Waals surface area contributed by atoms with Crippen molar-refractivity contribution >= 4 is 0 Å². The quantitative estimate of drug-likeness (QED) is 0.595. The molecule has 56 valence electrons. The highest BCUT2D eigenvalue weighted by Gasteiger charge is 2.25. The highest BCUT2D eigenvalue weighted by molar-refractivity contribution is 4.76. The fourth-order valence-corrected chi connectivity index (χ4v) is 0.596. The average molecular weight is 132 g/mol. The highest BCUT2D eigenvalue weighted by Crippen LogP contribution is 2.18. The number of hydrogen-bond acceptors (Lipinski definition) is 2. The molecule has 9 heavy (non-hydrogen) atoms. The molecule has 2 heteroatoms. The molecule has 0 fully saturated rings. The minimum absolute atomic E-state index is 0.151. The lowest BCUT2D eigenvalue weighted by atomic mass is 9.90. The molecule has 0 aromatic rings. The molecule has 0 bridgehead atoms. The predicted octanol–water partition coefficient (Wildman–Crippen LogP) is 0.776. The van der Waals surface area contributed by atoms with Crippen molar-refractivity contribution in [2.75, 3.05) is 6.61 Å². The van der Waals surface area contributed by atoms with Crippen LogP contribution in [-0.4, -0.2) is 22.4 Å². The Kier molecular flexibility index (Phi) is 3.15. The smallest absolute Gasteiger partial charge is 0.0874 e. The molecule has 0 aliphatic heterocycles. The lowest BCUT2D eigenvalue weighted by Gasteiger charge is -2.26. The maximum Gasteiger partial charge on any atom is 0.0874 e. The van der Waals surface area contributed by atoms with Crippen LogP contribution in [0.5, 0.6) is 0 Å². The summed E-state index contributed by atoms with van der Waals surface area (Å²) in [6, 6.07) is 0. The fraction of sp³-hybridized carbons (Fsp3) is 1.00. The Morgan fingerprint density at radius 2 is 2.00 bits per heavy atom.